The summed E-state index contributed by atoms with van der Waals surface area (Å²) >= 11 is 0. The smallest absolute Gasteiger partial charge is 0.270 e. The van der Waals surface area contributed by atoms with Gasteiger partial charge in [0.05, 0.1) is 5.54 Å². The second-order valence-corrected chi connectivity index (χ2v) is 7.53. The average molecular weight is 291 g/mol. The number of rotatable bonds is 7. The Kier molecular flexibility index (Phi) is 6.22. The van der Waals surface area contributed by atoms with Crippen molar-refractivity contribution in [3.05, 3.63) is 12.2 Å². The number of carbonyl (C=O) groups excluding carboxylic acids is 1. The van der Waals surface area contributed by atoms with Gasteiger partial charge in [0.15, 0.2) is 0 Å². The zero-order valence-electron chi connectivity index (χ0n) is 12.4. The van der Waals surface area contributed by atoms with Crippen LogP contribution in [0.4, 0.5) is 0 Å². The third-order valence-electron chi connectivity index (χ3n) is 2.99. The van der Waals surface area contributed by atoms with Crippen molar-refractivity contribution in [2.24, 2.45) is 5.92 Å². The van der Waals surface area contributed by atoms with Crippen LogP contribution in [0.2, 0.25) is 0 Å². The van der Waals surface area contributed by atoms with Crippen molar-refractivity contribution in [1.82, 2.24) is 5.32 Å². The van der Waals surface area contributed by atoms with Crippen molar-refractivity contribution in [3.8, 4) is 0 Å². The monoisotopic (exact) mass is 291 g/mol. The lowest BCUT2D eigenvalue weighted by atomic mass is 9.93. The maximum Gasteiger partial charge on any atom is 0.270 e. The van der Waals surface area contributed by atoms with Gasteiger partial charge in [0.1, 0.15) is 5.25 Å². The fourth-order valence-corrected chi connectivity index (χ4v) is 3.08. The molecule has 2 N–H and O–H groups in total. The van der Waals surface area contributed by atoms with Gasteiger partial charge in [0, 0.05) is 5.57 Å². The highest BCUT2D eigenvalue weighted by Crippen LogP contribution is 2.23. The van der Waals surface area contributed by atoms with E-state index in [1.165, 1.54) is 0 Å². The number of amides is 1. The summed E-state index contributed by atoms with van der Waals surface area (Å²) in [5.74, 6) is -0.0971. The maximum atomic E-state index is 11.6. The highest BCUT2D eigenvalue weighted by Gasteiger charge is 2.39. The zero-order valence-corrected chi connectivity index (χ0v) is 13.2. The molecular weight excluding hydrogens is 266 g/mol. The average Bonchev–Trinajstić information content (AvgIpc) is 2.13. The van der Waals surface area contributed by atoms with Gasteiger partial charge in [0.2, 0.25) is 5.91 Å². The van der Waals surface area contributed by atoms with Crippen molar-refractivity contribution in [2.45, 2.75) is 58.2 Å². The van der Waals surface area contributed by atoms with Gasteiger partial charge in [-0.15, -0.1) is 0 Å². The highest BCUT2D eigenvalue weighted by molar-refractivity contribution is 7.86. The van der Waals surface area contributed by atoms with Gasteiger partial charge < -0.3 is 5.32 Å². The van der Waals surface area contributed by atoms with Crippen LogP contribution in [0.5, 0.6) is 0 Å². The molecule has 1 amide bonds. The summed E-state index contributed by atoms with van der Waals surface area (Å²) in [5.41, 5.74) is -0.760. The van der Waals surface area contributed by atoms with E-state index in [-0.39, 0.29) is 0 Å². The van der Waals surface area contributed by atoms with Gasteiger partial charge in [-0.1, -0.05) is 20.4 Å². The van der Waals surface area contributed by atoms with E-state index in [1.54, 1.807) is 20.8 Å². The van der Waals surface area contributed by atoms with Crippen LogP contribution in [0.3, 0.4) is 0 Å². The first-order chi connectivity index (χ1) is 8.38. The molecule has 0 spiro atoms. The summed E-state index contributed by atoms with van der Waals surface area (Å²) in [6.07, 6.45) is 0.941. The van der Waals surface area contributed by atoms with E-state index in [9.17, 15) is 17.8 Å². The van der Waals surface area contributed by atoms with Crippen molar-refractivity contribution in [2.75, 3.05) is 0 Å². The first-order valence-corrected chi connectivity index (χ1v) is 7.82. The Morgan fingerprint density at radius 3 is 2.11 bits per heavy atom. The van der Waals surface area contributed by atoms with E-state index >= 15 is 0 Å². The molecule has 5 nitrogen and oxygen atoms in total. The number of hydrogen-bond donors (Lipinski definition) is 2. The van der Waals surface area contributed by atoms with Crippen LogP contribution >= 0.6 is 0 Å². The van der Waals surface area contributed by atoms with Gasteiger partial charge in [0.25, 0.3) is 10.1 Å². The fourth-order valence-electron chi connectivity index (χ4n) is 1.85. The molecule has 0 fully saturated rings. The molecule has 0 aromatic carbocycles. The van der Waals surface area contributed by atoms with Crippen molar-refractivity contribution in [1.29, 1.82) is 0 Å². The second-order valence-electron chi connectivity index (χ2n) is 5.93. The van der Waals surface area contributed by atoms with Gasteiger partial charge in [-0.25, -0.2) is 0 Å². The predicted molar refractivity (Wildman–Crippen MR) is 76.4 cm³/mol. The van der Waals surface area contributed by atoms with Gasteiger partial charge in [-0.2, -0.15) is 8.42 Å². The number of carbonyl (C=O) groups is 1. The Labute approximate surface area is 116 Å². The third-order valence-corrected chi connectivity index (χ3v) is 4.54. The molecule has 1 atom stereocenters. The minimum atomic E-state index is -4.23. The Morgan fingerprint density at radius 2 is 1.79 bits per heavy atom. The molecule has 1 unspecified atom stereocenters. The quantitative estimate of drug-likeness (QED) is 0.556. The molecule has 0 aliphatic rings. The van der Waals surface area contributed by atoms with Crippen LogP contribution in [0.15, 0.2) is 12.2 Å². The summed E-state index contributed by atoms with van der Waals surface area (Å²) < 4.78 is 32.4. The number of nitrogens with one attached hydrogen (secondary N) is 1. The zero-order chi connectivity index (χ0) is 15.4. The van der Waals surface area contributed by atoms with Crippen LogP contribution < -0.4 is 5.32 Å². The third kappa shape index (κ3) is 6.20. The van der Waals surface area contributed by atoms with E-state index in [0.717, 1.165) is 0 Å². The van der Waals surface area contributed by atoms with E-state index < -0.39 is 26.8 Å². The first-order valence-electron chi connectivity index (χ1n) is 6.32. The Morgan fingerprint density at radius 1 is 1.32 bits per heavy atom. The summed E-state index contributed by atoms with van der Waals surface area (Å²) in [6, 6.07) is 0. The minimum absolute atomic E-state index is 0.292. The van der Waals surface area contributed by atoms with E-state index in [1.807, 2.05) is 13.8 Å². The lowest BCUT2D eigenvalue weighted by Crippen LogP contribution is -2.55. The van der Waals surface area contributed by atoms with Crippen LogP contribution in [0.25, 0.3) is 0 Å². The van der Waals surface area contributed by atoms with E-state index in [0.29, 0.717) is 24.3 Å². The molecule has 0 rings (SSSR count). The topological polar surface area (TPSA) is 83.5 Å². The lowest BCUT2D eigenvalue weighted by molar-refractivity contribution is -0.119. The van der Waals surface area contributed by atoms with Crippen molar-refractivity contribution >= 4 is 16.0 Å². The minimum Gasteiger partial charge on any atom is -0.346 e. The highest BCUT2D eigenvalue weighted by atomic mass is 32.2. The summed E-state index contributed by atoms with van der Waals surface area (Å²) in [6.45, 7) is 12.2. The summed E-state index contributed by atoms with van der Waals surface area (Å²) in [4.78, 5) is 11.6. The molecule has 19 heavy (non-hydrogen) atoms. The number of hydrogen-bond acceptors (Lipinski definition) is 3. The van der Waals surface area contributed by atoms with E-state index in [4.69, 9.17) is 0 Å². The molecule has 0 heterocycles. The molecular formula is C13H25NO4S. The lowest BCUT2D eigenvalue weighted by Gasteiger charge is -2.33. The Bertz CT molecular complexity index is 438. The van der Waals surface area contributed by atoms with Gasteiger partial charge in [-0.3, -0.25) is 9.35 Å². The van der Waals surface area contributed by atoms with Crippen LogP contribution in [-0.2, 0) is 14.9 Å². The molecule has 6 heteroatoms. The Balaban J connectivity index is 5.13. The standard InChI is InChI=1S/C13H25NO4S/c1-9(2)7-8-11(19(16,17)18)13(5,6)14-12(15)10(3)4/h9,11H,3,7-8H2,1-2,4-6H3,(H,14,15)(H,16,17,18). The molecule has 112 valence electrons. The second kappa shape index (κ2) is 6.52. The molecule has 0 aromatic heterocycles. The maximum absolute atomic E-state index is 11.6. The molecule has 0 aromatic rings. The van der Waals surface area contributed by atoms with Crippen molar-refractivity contribution in [3.63, 3.8) is 0 Å². The van der Waals surface area contributed by atoms with Crippen molar-refractivity contribution < 1.29 is 17.8 Å². The first kappa shape index (κ1) is 18.1. The SMILES string of the molecule is C=C(C)C(=O)NC(C)(C)C(CCC(C)C)S(=O)(=O)O. The molecule has 0 bridgehead atoms. The van der Waals surface area contributed by atoms with Crippen LogP contribution in [-0.4, -0.2) is 29.7 Å². The van der Waals surface area contributed by atoms with E-state index in [2.05, 4.69) is 11.9 Å². The largest absolute Gasteiger partial charge is 0.346 e. The fraction of sp³-hybridized carbons (Fsp3) is 0.769. The molecule has 0 aliphatic carbocycles. The van der Waals surface area contributed by atoms with Gasteiger partial charge in [-0.05, 0) is 39.5 Å². The summed E-state index contributed by atoms with van der Waals surface area (Å²) in [5, 5.41) is 1.57. The molecule has 0 saturated heterocycles. The van der Waals surface area contributed by atoms with Gasteiger partial charge >= 0.3 is 0 Å². The Hall–Kier alpha value is -0.880. The molecule has 0 saturated carbocycles. The summed E-state index contributed by atoms with van der Waals surface area (Å²) in [7, 11) is -4.23. The van der Waals surface area contributed by atoms with Crippen LogP contribution in [0.1, 0.15) is 47.5 Å². The van der Waals surface area contributed by atoms with Crippen LogP contribution in [0, 0.1) is 5.92 Å². The molecule has 0 aliphatic heterocycles. The normalized spacial score (nSPS) is 14.3. The predicted octanol–water partition coefficient (Wildman–Crippen LogP) is 2.15. The molecule has 0 radical (unpaired) electrons.